The quantitative estimate of drug-likeness (QED) is 0.501. The summed E-state index contributed by atoms with van der Waals surface area (Å²) >= 11 is 0. The summed E-state index contributed by atoms with van der Waals surface area (Å²) in [5, 5.41) is 0. The van der Waals surface area contributed by atoms with Gasteiger partial charge in [-0.3, -0.25) is 4.98 Å². The molecule has 0 amide bonds. The summed E-state index contributed by atoms with van der Waals surface area (Å²) in [6.45, 7) is 0.468. The molecule has 6 nitrogen and oxygen atoms in total. The number of nitrogens with zero attached hydrogens (tertiary/aromatic N) is 3. The molecule has 0 radical (unpaired) electrons. The number of aromatic amines is 1. The molecule has 6 heteroatoms. The molecule has 1 aromatic carbocycles. The first-order valence-electron chi connectivity index (χ1n) is 11.4. The van der Waals surface area contributed by atoms with E-state index < -0.39 is 0 Å². The third-order valence-corrected chi connectivity index (χ3v) is 6.63. The third kappa shape index (κ3) is 3.82. The fourth-order valence-electron chi connectivity index (χ4n) is 5.15. The van der Waals surface area contributed by atoms with Gasteiger partial charge in [0.15, 0.2) is 0 Å². The zero-order chi connectivity index (χ0) is 21.9. The topological polar surface area (TPSA) is 96.8 Å². The predicted octanol–water partition coefficient (Wildman–Crippen LogP) is 4.60. The van der Waals surface area contributed by atoms with Gasteiger partial charge in [0.05, 0.1) is 29.2 Å². The highest BCUT2D eigenvalue weighted by molar-refractivity contribution is 5.70. The van der Waals surface area contributed by atoms with E-state index in [-0.39, 0.29) is 18.0 Å². The van der Waals surface area contributed by atoms with E-state index in [1.54, 1.807) is 0 Å². The Morgan fingerprint density at radius 1 is 1.16 bits per heavy atom. The SMILES string of the molecule is NCc1ccc(N(C2CCCc3cccnc32)C(c2ncc[nH]2)C2C=CC=CC2)c(N)c1. The smallest absolute Gasteiger partial charge is 0.129 e. The largest absolute Gasteiger partial charge is 0.397 e. The van der Waals surface area contributed by atoms with Gasteiger partial charge in [-0.2, -0.15) is 0 Å². The molecule has 3 aromatic rings. The van der Waals surface area contributed by atoms with E-state index in [0.29, 0.717) is 6.54 Å². The van der Waals surface area contributed by atoms with Gasteiger partial charge in [0, 0.05) is 31.1 Å². The van der Waals surface area contributed by atoms with Crippen LogP contribution in [0.4, 0.5) is 11.4 Å². The van der Waals surface area contributed by atoms with Gasteiger partial charge in [0.1, 0.15) is 5.82 Å². The number of aromatic nitrogens is 3. The van der Waals surface area contributed by atoms with Crippen LogP contribution in [0.15, 0.2) is 73.2 Å². The Labute approximate surface area is 189 Å². The number of nitrogens with one attached hydrogen (secondary N) is 1. The molecule has 164 valence electrons. The van der Waals surface area contributed by atoms with Gasteiger partial charge >= 0.3 is 0 Å². The molecule has 0 bridgehead atoms. The van der Waals surface area contributed by atoms with Crippen molar-refractivity contribution < 1.29 is 0 Å². The number of rotatable bonds is 6. The molecular weight excluding hydrogens is 396 g/mol. The number of aryl methyl sites for hydroxylation is 1. The van der Waals surface area contributed by atoms with Crippen LogP contribution < -0.4 is 16.4 Å². The first kappa shape index (κ1) is 20.5. The minimum absolute atomic E-state index is 0.00446. The lowest BCUT2D eigenvalue weighted by Gasteiger charge is -2.44. The van der Waals surface area contributed by atoms with Crippen molar-refractivity contribution in [3.63, 3.8) is 0 Å². The standard InChI is InChI=1S/C26H30N6/c27-17-18-11-12-22(21(28)16-18)32(23-10-4-8-19-9-5-13-29-24(19)23)25(26-30-14-15-31-26)20-6-2-1-3-7-20/h1-3,5-6,9,11-16,20,23,25H,4,7-8,10,17,27-28H2,(H,30,31). The highest BCUT2D eigenvalue weighted by atomic mass is 15.2. The van der Waals surface area contributed by atoms with Crippen molar-refractivity contribution in [3.8, 4) is 0 Å². The summed E-state index contributed by atoms with van der Waals surface area (Å²) in [5.74, 6) is 1.20. The molecule has 32 heavy (non-hydrogen) atoms. The second kappa shape index (κ2) is 9.01. The Bertz CT molecular complexity index is 1120. The Balaban J connectivity index is 1.69. The van der Waals surface area contributed by atoms with E-state index >= 15 is 0 Å². The average Bonchev–Trinajstić information content (AvgIpc) is 3.37. The van der Waals surface area contributed by atoms with Gasteiger partial charge in [-0.25, -0.2) is 4.98 Å². The number of imidazole rings is 1. The average molecular weight is 427 g/mol. The van der Waals surface area contributed by atoms with Gasteiger partial charge < -0.3 is 21.4 Å². The molecule has 2 aliphatic carbocycles. The normalized spacial score (nSPS) is 20.7. The minimum Gasteiger partial charge on any atom is -0.397 e. The van der Waals surface area contributed by atoms with E-state index in [1.165, 1.54) is 5.56 Å². The predicted molar refractivity (Wildman–Crippen MR) is 129 cm³/mol. The van der Waals surface area contributed by atoms with Crippen LogP contribution in [-0.2, 0) is 13.0 Å². The third-order valence-electron chi connectivity index (χ3n) is 6.63. The van der Waals surface area contributed by atoms with E-state index in [1.807, 2.05) is 30.7 Å². The number of pyridine rings is 1. The summed E-state index contributed by atoms with van der Waals surface area (Å²) in [6.07, 6.45) is 18.5. The van der Waals surface area contributed by atoms with Crippen LogP contribution in [0.5, 0.6) is 0 Å². The summed E-state index contributed by atoms with van der Waals surface area (Å²) in [4.78, 5) is 15.4. The number of H-pyrrole nitrogens is 1. The summed E-state index contributed by atoms with van der Waals surface area (Å²) < 4.78 is 0. The molecule has 5 rings (SSSR count). The molecule has 3 atom stereocenters. The van der Waals surface area contributed by atoms with Gasteiger partial charge in [-0.15, -0.1) is 0 Å². The number of anilines is 2. The molecule has 0 saturated carbocycles. The fraction of sp³-hybridized carbons (Fsp3) is 0.308. The maximum Gasteiger partial charge on any atom is 0.129 e. The summed E-state index contributed by atoms with van der Waals surface area (Å²) in [6, 6.07) is 10.5. The van der Waals surface area contributed by atoms with E-state index in [2.05, 4.69) is 52.4 Å². The molecule has 0 spiro atoms. The van der Waals surface area contributed by atoms with Crippen LogP contribution in [-0.4, -0.2) is 15.0 Å². The molecular formula is C26H30N6. The van der Waals surface area contributed by atoms with Crippen molar-refractivity contribution in [1.82, 2.24) is 15.0 Å². The molecule has 0 fully saturated rings. The van der Waals surface area contributed by atoms with E-state index in [0.717, 1.165) is 54.1 Å². The van der Waals surface area contributed by atoms with Crippen LogP contribution in [0.25, 0.3) is 0 Å². The molecule has 2 aliphatic rings. The number of benzene rings is 1. The maximum atomic E-state index is 6.66. The number of nitrogens with two attached hydrogens (primary N) is 2. The zero-order valence-electron chi connectivity index (χ0n) is 18.2. The first-order valence-corrected chi connectivity index (χ1v) is 11.4. The number of fused-ring (bicyclic) bond motifs is 1. The second-order valence-corrected chi connectivity index (χ2v) is 8.59. The lowest BCUT2D eigenvalue weighted by Crippen LogP contribution is -2.39. The van der Waals surface area contributed by atoms with Crippen LogP contribution in [0.3, 0.4) is 0 Å². The molecule has 3 unspecified atom stereocenters. The molecule has 0 saturated heterocycles. The zero-order valence-corrected chi connectivity index (χ0v) is 18.2. The van der Waals surface area contributed by atoms with E-state index in [9.17, 15) is 0 Å². The Kier molecular flexibility index (Phi) is 5.77. The van der Waals surface area contributed by atoms with Crippen molar-refractivity contribution in [2.24, 2.45) is 11.7 Å². The van der Waals surface area contributed by atoms with Gasteiger partial charge in [0.2, 0.25) is 0 Å². The highest BCUT2D eigenvalue weighted by Gasteiger charge is 2.38. The van der Waals surface area contributed by atoms with Gasteiger partial charge in [-0.05, 0) is 55.0 Å². The van der Waals surface area contributed by atoms with Crippen LogP contribution >= 0.6 is 0 Å². The minimum atomic E-state index is -0.00446. The molecule has 0 aliphatic heterocycles. The lowest BCUT2D eigenvalue weighted by molar-refractivity contribution is 0.391. The monoisotopic (exact) mass is 426 g/mol. The van der Waals surface area contributed by atoms with Crippen LogP contribution in [0, 0.1) is 5.92 Å². The maximum absolute atomic E-state index is 6.66. The van der Waals surface area contributed by atoms with Crippen molar-refractivity contribution in [2.45, 2.75) is 44.3 Å². The number of hydrogen-bond acceptors (Lipinski definition) is 5. The van der Waals surface area contributed by atoms with E-state index in [4.69, 9.17) is 21.4 Å². The van der Waals surface area contributed by atoms with Crippen molar-refractivity contribution >= 4 is 11.4 Å². The lowest BCUT2D eigenvalue weighted by atomic mass is 9.85. The van der Waals surface area contributed by atoms with Gasteiger partial charge in [0.25, 0.3) is 0 Å². The van der Waals surface area contributed by atoms with Gasteiger partial charge in [-0.1, -0.05) is 36.4 Å². The number of nitrogen functional groups attached to an aromatic ring is 1. The van der Waals surface area contributed by atoms with Crippen molar-refractivity contribution in [3.05, 3.63) is 95.9 Å². The van der Waals surface area contributed by atoms with Crippen molar-refractivity contribution in [1.29, 1.82) is 0 Å². The first-order chi connectivity index (χ1) is 15.8. The Morgan fingerprint density at radius 2 is 2.09 bits per heavy atom. The Hall–Kier alpha value is -3.38. The second-order valence-electron chi connectivity index (χ2n) is 8.59. The summed E-state index contributed by atoms with van der Waals surface area (Å²) in [7, 11) is 0. The van der Waals surface area contributed by atoms with Crippen LogP contribution in [0.2, 0.25) is 0 Å². The number of hydrogen-bond donors (Lipinski definition) is 3. The number of allylic oxidation sites excluding steroid dienone is 3. The summed E-state index contributed by atoms with van der Waals surface area (Å²) in [5.41, 5.74) is 17.8. The highest BCUT2D eigenvalue weighted by Crippen LogP contribution is 2.46. The van der Waals surface area contributed by atoms with Crippen LogP contribution in [0.1, 0.15) is 54.0 Å². The molecule has 2 aromatic heterocycles. The fourth-order valence-corrected chi connectivity index (χ4v) is 5.15. The molecule has 5 N–H and O–H groups in total. The molecule has 2 heterocycles. The Morgan fingerprint density at radius 3 is 2.84 bits per heavy atom. The van der Waals surface area contributed by atoms with Crippen molar-refractivity contribution in [2.75, 3.05) is 10.6 Å².